The largest absolute Gasteiger partial charge is 0.462 e. The van der Waals surface area contributed by atoms with E-state index in [0.717, 1.165) is 5.76 Å². The van der Waals surface area contributed by atoms with Crippen molar-refractivity contribution in [3.05, 3.63) is 53.2 Å². The molecule has 1 aliphatic heterocycles. The molecule has 2 heterocycles. The molecule has 0 bridgehead atoms. The number of hydrogen-bond donors (Lipinski definition) is 0. The standard InChI is InChI=1S/C19H18O5/c1-11-5-6-12(22-11)10-16-17(20)14-8-7-13(9-15(14)24-16)23-18(21)19(2,3)4/h5-10H,1-4H3/b16-10+. The van der Waals surface area contributed by atoms with Gasteiger partial charge in [0.05, 0.1) is 11.0 Å². The molecule has 0 radical (unpaired) electrons. The first kappa shape index (κ1) is 16.1. The number of benzene rings is 1. The van der Waals surface area contributed by atoms with Crippen LogP contribution in [0.15, 0.2) is 40.5 Å². The maximum absolute atomic E-state index is 12.4. The van der Waals surface area contributed by atoms with Crippen molar-refractivity contribution >= 4 is 17.8 Å². The lowest BCUT2D eigenvalue weighted by molar-refractivity contribution is -0.143. The molecular weight excluding hydrogens is 308 g/mol. The van der Waals surface area contributed by atoms with Crippen LogP contribution in [0.3, 0.4) is 0 Å². The van der Waals surface area contributed by atoms with Gasteiger partial charge in [0.1, 0.15) is 23.0 Å². The summed E-state index contributed by atoms with van der Waals surface area (Å²) in [6.07, 6.45) is 1.55. The van der Waals surface area contributed by atoms with Gasteiger partial charge in [-0.1, -0.05) is 0 Å². The second-order valence-corrected chi connectivity index (χ2v) is 6.69. The summed E-state index contributed by atoms with van der Waals surface area (Å²) in [4.78, 5) is 24.3. The quantitative estimate of drug-likeness (QED) is 0.471. The van der Waals surface area contributed by atoms with Crippen molar-refractivity contribution in [1.29, 1.82) is 0 Å². The minimum absolute atomic E-state index is 0.179. The average Bonchev–Trinajstić information content (AvgIpc) is 3.03. The van der Waals surface area contributed by atoms with Gasteiger partial charge in [-0.05, 0) is 52.0 Å². The first-order valence-electron chi connectivity index (χ1n) is 7.61. The number of carbonyl (C=O) groups is 2. The number of esters is 1. The van der Waals surface area contributed by atoms with Crippen LogP contribution in [0, 0.1) is 12.3 Å². The Morgan fingerprint density at radius 2 is 1.92 bits per heavy atom. The van der Waals surface area contributed by atoms with Gasteiger partial charge in [-0.25, -0.2) is 0 Å². The Bertz CT molecular complexity index is 849. The van der Waals surface area contributed by atoms with E-state index in [1.165, 1.54) is 0 Å². The van der Waals surface area contributed by atoms with Gasteiger partial charge in [-0.3, -0.25) is 9.59 Å². The minimum atomic E-state index is -0.613. The first-order valence-corrected chi connectivity index (χ1v) is 7.61. The highest BCUT2D eigenvalue weighted by Gasteiger charge is 2.29. The van der Waals surface area contributed by atoms with E-state index in [1.54, 1.807) is 51.1 Å². The summed E-state index contributed by atoms with van der Waals surface area (Å²) in [7, 11) is 0. The van der Waals surface area contributed by atoms with Crippen molar-refractivity contribution in [3.63, 3.8) is 0 Å². The molecule has 5 nitrogen and oxygen atoms in total. The van der Waals surface area contributed by atoms with Crippen LogP contribution in [0.5, 0.6) is 11.5 Å². The number of allylic oxidation sites excluding steroid dienone is 1. The van der Waals surface area contributed by atoms with Gasteiger partial charge in [-0.2, -0.15) is 0 Å². The van der Waals surface area contributed by atoms with E-state index in [9.17, 15) is 9.59 Å². The van der Waals surface area contributed by atoms with E-state index in [4.69, 9.17) is 13.9 Å². The molecule has 1 aliphatic rings. The molecule has 0 saturated heterocycles. The van der Waals surface area contributed by atoms with Gasteiger partial charge < -0.3 is 13.9 Å². The number of carbonyl (C=O) groups excluding carboxylic acids is 2. The molecule has 24 heavy (non-hydrogen) atoms. The van der Waals surface area contributed by atoms with Crippen LogP contribution < -0.4 is 9.47 Å². The number of aryl methyl sites for hydroxylation is 1. The molecular formula is C19H18O5. The van der Waals surface area contributed by atoms with E-state index in [1.807, 2.05) is 13.0 Å². The number of furan rings is 1. The summed E-state index contributed by atoms with van der Waals surface area (Å²) >= 11 is 0. The van der Waals surface area contributed by atoms with Crippen LogP contribution in [0.1, 0.15) is 42.6 Å². The van der Waals surface area contributed by atoms with Crippen LogP contribution in [-0.2, 0) is 4.79 Å². The molecule has 0 saturated carbocycles. The van der Waals surface area contributed by atoms with Crippen molar-refractivity contribution in [2.24, 2.45) is 5.41 Å². The predicted octanol–water partition coefficient (Wildman–Crippen LogP) is 4.16. The van der Waals surface area contributed by atoms with Crippen LogP contribution in [0.25, 0.3) is 6.08 Å². The monoisotopic (exact) mass is 326 g/mol. The average molecular weight is 326 g/mol. The van der Waals surface area contributed by atoms with E-state index in [0.29, 0.717) is 22.8 Å². The Morgan fingerprint density at radius 3 is 2.54 bits per heavy atom. The zero-order valence-electron chi connectivity index (χ0n) is 14.0. The third kappa shape index (κ3) is 3.11. The Labute approximate surface area is 139 Å². The van der Waals surface area contributed by atoms with Gasteiger partial charge in [-0.15, -0.1) is 0 Å². The van der Waals surface area contributed by atoms with E-state index in [2.05, 4.69) is 0 Å². The van der Waals surface area contributed by atoms with Crippen LogP contribution in [-0.4, -0.2) is 11.8 Å². The molecule has 0 fully saturated rings. The van der Waals surface area contributed by atoms with Crippen molar-refractivity contribution < 1.29 is 23.5 Å². The lowest BCUT2D eigenvalue weighted by atomic mass is 9.97. The molecule has 0 spiro atoms. The van der Waals surface area contributed by atoms with Crippen LogP contribution >= 0.6 is 0 Å². The molecule has 2 aromatic rings. The highest BCUT2D eigenvalue weighted by Crippen LogP contribution is 2.35. The highest BCUT2D eigenvalue weighted by atomic mass is 16.5. The number of rotatable bonds is 2. The van der Waals surface area contributed by atoms with Crippen molar-refractivity contribution in [2.75, 3.05) is 0 Å². The summed E-state index contributed by atoms with van der Waals surface area (Å²) in [5, 5.41) is 0. The lowest BCUT2D eigenvalue weighted by Crippen LogP contribution is -2.25. The van der Waals surface area contributed by atoms with E-state index >= 15 is 0 Å². The topological polar surface area (TPSA) is 65.7 Å². The Morgan fingerprint density at radius 1 is 1.17 bits per heavy atom. The van der Waals surface area contributed by atoms with Crippen molar-refractivity contribution in [2.45, 2.75) is 27.7 Å². The predicted molar refractivity (Wildman–Crippen MR) is 87.9 cm³/mol. The van der Waals surface area contributed by atoms with Crippen molar-refractivity contribution in [3.8, 4) is 11.5 Å². The normalized spacial score (nSPS) is 15.3. The van der Waals surface area contributed by atoms with E-state index < -0.39 is 5.41 Å². The summed E-state index contributed by atoms with van der Waals surface area (Å²) in [6.45, 7) is 7.14. The summed E-state index contributed by atoms with van der Waals surface area (Å²) < 4.78 is 16.4. The highest BCUT2D eigenvalue weighted by molar-refractivity contribution is 6.14. The van der Waals surface area contributed by atoms with Gasteiger partial charge in [0.25, 0.3) is 0 Å². The Kier molecular flexibility index (Phi) is 3.79. The molecule has 0 atom stereocenters. The fourth-order valence-electron chi connectivity index (χ4n) is 2.15. The second kappa shape index (κ2) is 5.67. The Balaban J connectivity index is 1.84. The zero-order chi connectivity index (χ0) is 17.5. The molecule has 0 unspecified atom stereocenters. The smallest absolute Gasteiger partial charge is 0.316 e. The number of ketones is 1. The maximum Gasteiger partial charge on any atom is 0.316 e. The molecule has 1 aromatic heterocycles. The number of fused-ring (bicyclic) bond motifs is 1. The molecule has 0 amide bonds. The fourth-order valence-corrected chi connectivity index (χ4v) is 2.15. The van der Waals surface area contributed by atoms with Gasteiger partial charge >= 0.3 is 5.97 Å². The van der Waals surface area contributed by atoms with Gasteiger partial charge in [0.15, 0.2) is 5.76 Å². The summed E-state index contributed by atoms with van der Waals surface area (Å²) in [6, 6.07) is 8.30. The summed E-state index contributed by atoms with van der Waals surface area (Å²) in [5.41, 5.74) is -0.183. The maximum atomic E-state index is 12.4. The second-order valence-electron chi connectivity index (χ2n) is 6.69. The lowest BCUT2D eigenvalue weighted by Gasteiger charge is -2.16. The van der Waals surface area contributed by atoms with Crippen molar-refractivity contribution in [1.82, 2.24) is 0 Å². The van der Waals surface area contributed by atoms with Crippen LogP contribution in [0.2, 0.25) is 0 Å². The SMILES string of the molecule is Cc1ccc(/C=C2/Oc3cc(OC(=O)C(C)(C)C)ccc3C2=O)o1. The Hall–Kier alpha value is -2.82. The van der Waals surface area contributed by atoms with E-state index in [-0.39, 0.29) is 17.5 Å². The molecule has 0 N–H and O–H groups in total. The molecule has 3 rings (SSSR count). The number of hydrogen-bond acceptors (Lipinski definition) is 5. The third-order valence-corrected chi connectivity index (χ3v) is 3.50. The first-order chi connectivity index (χ1) is 11.2. The third-order valence-electron chi connectivity index (χ3n) is 3.50. The van der Waals surface area contributed by atoms with Crippen LogP contribution in [0.4, 0.5) is 0 Å². The molecule has 1 aromatic carbocycles. The molecule has 5 heteroatoms. The number of Topliss-reactive ketones (excluding diaryl/α,β-unsaturated/α-hetero) is 1. The summed E-state index contributed by atoms with van der Waals surface area (Å²) in [5.74, 6) is 1.61. The van der Waals surface area contributed by atoms with Gasteiger partial charge in [0.2, 0.25) is 5.78 Å². The fraction of sp³-hybridized carbons (Fsp3) is 0.263. The minimum Gasteiger partial charge on any atom is -0.462 e. The zero-order valence-corrected chi connectivity index (χ0v) is 14.0. The van der Waals surface area contributed by atoms with Gasteiger partial charge in [0, 0.05) is 12.1 Å². The molecule has 124 valence electrons. The number of ether oxygens (including phenoxy) is 2. The molecule has 0 aliphatic carbocycles.